The molecule has 0 bridgehead atoms. The molecule has 7 nitrogen and oxygen atoms in total. The summed E-state index contributed by atoms with van der Waals surface area (Å²) < 4.78 is 26.2. The van der Waals surface area contributed by atoms with Crippen LogP contribution in [-0.2, 0) is 14.8 Å². The summed E-state index contributed by atoms with van der Waals surface area (Å²) in [6.07, 6.45) is 0. The minimum absolute atomic E-state index is 0.0408. The van der Waals surface area contributed by atoms with Crippen molar-refractivity contribution in [1.29, 1.82) is 0 Å². The first kappa shape index (κ1) is 17.1. The van der Waals surface area contributed by atoms with Crippen molar-refractivity contribution in [1.82, 2.24) is 10.0 Å². The van der Waals surface area contributed by atoms with Gasteiger partial charge in [0.05, 0.1) is 4.90 Å². The largest absolute Gasteiger partial charge is 0.480 e. The Morgan fingerprint density at radius 1 is 1.10 bits per heavy atom. The minimum Gasteiger partial charge on any atom is -0.480 e. The van der Waals surface area contributed by atoms with Gasteiger partial charge in [0.2, 0.25) is 10.0 Å². The fourth-order valence-electron chi connectivity index (χ4n) is 1.51. The Kier molecular flexibility index (Phi) is 5.45. The number of carbonyl (C=O) groups is 2. The predicted octanol–water partition coefficient (Wildman–Crippen LogP) is 0.576. The zero-order valence-electron chi connectivity index (χ0n) is 12.0. The maximum atomic E-state index is 11.9. The Balaban J connectivity index is 2.88. The van der Waals surface area contributed by atoms with Gasteiger partial charge in [-0.25, -0.2) is 13.1 Å². The highest BCUT2D eigenvalue weighted by atomic mass is 32.2. The van der Waals surface area contributed by atoms with E-state index in [9.17, 15) is 18.0 Å². The average Bonchev–Trinajstić information content (AvgIpc) is 2.37. The number of hydrogen-bond donors (Lipinski definition) is 3. The van der Waals surface area contributed by atoms with Crippen molar-refractivity contribution in [3.05, 3.63) is 29.8 Å². The molecule has 116 valence electrons. The van der Waals surface area contributed by atoms with Gasteiger partial charge in [0, 0.05) is 11.6 Å². The molecule has 0 aliphatic carbocycles. The smallest absolute Gasteiger partial charge is 0.325 e. The molecule has 1 atom stereocenters. The van der Waals surface area contributed by atoms with E-state index in [0.717, 1.165) is 0 Å². The summed E-state index contributed by atoms with van der Waals surface area (Å²) in [6, 6.07) is 3.99. The van der Waals surface area contributed by atoms with E-state index in [0.29, 0.717) is 0 Å². The molecule has 0 radical (unpaired) electrons. The van der Waals surface area contributed by atoms with E-state index >= 15 is 0 Å². The third-order valence-corrected chi connectivity index (χ3v) is 4.21. The number of benzene rings is 1. The molecule has 3 N–H and O–H groups in total. The minimum atomic E-state index is -3.61. The van der Waals surface area contributed by atoms with Gasteiger partial charge < -0.3 is 10.4 Å². The summed E-state index contributed by atoms with van der Waals surface area (Å²) in [5.74, 6) is -1.73. The number of rotatable bonds is 6. The highest BCUT2D eigenvalue weighted by Crippen LogP contribution is 2.11. The van der Waals surface area contributed by atoms with Crippen molar-refractivity contribution in [2.45, 2.75) is 37.8 Å². The van der Waals surface area contributed by atoms with Crippen molar-refractivity contribution >= 4 is 21.9 Å². The number of aliphatic carboxylic acids is 1. The van der Waals surface area contributed by atoms with Crippen LogP contribution in [0.2, 0.25) is 0 Å². The quantitative estimate of drug-likeness (QED) is 0.711. The van der Waals surface area contributed by atoms with E-state index in [2.05, 4.69) is 10.0 Å². The van der Waals surface area contributed by atoms with E-state index in [4.69, 9.17) is 5.11 Å². The molecule has 1 aromatic carbocycles. The Morgan fingerprint density at radius 2 is 1.62 bits per heavy atom. The molecule has 1 rings (SSSR count). The van der Waals surface area contributed by atoms with E-state index in [1.807, 2.05) is 0 Å². The molecule has 0 spiro atoms. The molecular weight excluding hydrogens is 296 g/mol. The van der Waals surface area contributed by atoms with Crippen LogP contribution in [0.1, 0.15) is 31.1 Å². The van der Waals surface area contributed by atoms with E-state index in [-0.39, 0.29) is 16.5 Å². The predicted molar refractivity (Wildman–Crippen MR) is 76.5 cm³/mol. The second-order valence-corrected chi connectivity index (χ2v) is 6.55. The number of carboxylic acids is 1. The standard InChI is InChI=1S/C13H18N2O5S/c1-8(2)15-21(19,20)11-6-4-10(5-7-11)12(16)14-9(3)13(17)18/h4-9,15H,1-3H3,(H,14,16)(H,17,18)/t9-/m1/s1. The van der Waals surface area contributed by atoms with Gasteiger partial charge >= 0.3 is 5.97 Å². The molecule has 0 aliphatic rings. The van der Waals surface area contributed by atoms with Gasteiger partial charge in [-0.05, 0) is 45.0 Å². The van der Waals surface area contributed by atoms with Crippen LogP contribution in [0, 0.1) is 0 Å². The number of amides is 1. The first-order valence-corrected chi connectivity index (χ1v) is 7.78. The van der Waals surface area contributed by atoms with Crippen molar-refractivity contribution in [2.24, 2.45) is 0 Å². The lowest BCUT2D eigenvalue weighted by Crippen LogP contribution is -2.38. The van der Waals surface area contributed by atoms with Gasteiger partial charge in [-0.3, -0.25) is 9.59 Å². The van der Waals surface area contributed by atoms with Crippen LogP contribution in [0.4, 0.5) is 0 Å². The highest BCUT2D eigenvalue weighted by Gasteiger charge is 2.18. The lowest BCUT2D eigenvalue weighted by Gasteiger charge is -2.11. The fraction of sp³-hybridized carbons (Fsp3) is 0.385. The average molecular weight is 314 g/mol. The van der Waals surface area contributed by atoms with Crippen LogP contribution in [0.15, 0.2) is 29.2 Å². The number of hydrogen-bond acceptors (Lipinski definition) is 4. The van der Waals surface area contributed by atoms with Gasteiger partial charge in [0.15, 0.2) is 0 Å². The van der Waals surface area contributed by atoms with E-state index in [1.165, 1.54) is 31.2 Å². The number of carbonyl (C=O) groups excluding carboxylic acids is 1. The van der Waals surface area contributed by atoms with Crippen LogP contribution in [0.5, 0.6) is 0 Å². The van der Waals surface area contributed by atoms with Crippen LogP contribution in [0.3, 0.4) is 0 Å². The molecular formula is C13H18N2O5S. The Hall–Kier alpha value is -1.93. The molecule has 0 saturated carbocycles. The van der Waals surface area contributed by atoms with E-state index in [1.54, 1.807) is 13.8 Å². The van der Waals surface area contributed by atoms with E-state index < -0.39 is 27.9 Å². The first-order valence-electron chi connectivity index (χ1n) is 6.29. The van der Waals surface area contributed by atoms with Gasteiger partial charge in [-0.2, -0.15) is 0 Å². The molecule has 1 amide bonds. The topological polar surface area (TPSA) is 113 Å². The van der Waals surface area contributed by atoms with Crippen LogP contribution >= 0.6 is 0 Å². The zero-order valence-corrected chi connectivity index (χ0v) is 12.8. The summed E-state index contributed by atoms with van der Waals surface area (Å²) in [4.78, 5) is 22.5. The molecule has 8 heteroatoms. The molecule has 0 fully saturated rings. The summed E-state index contributed by atoms with van der Waals surface area (Å²) in [5, 5.41) is 11.0. The summed E-state index contributed by atoms with van der Waals surface area (Å²) in [6.45, 7) is 4.74. The monoisotopic (exact) mass is 314 g/mol. The van der Waals surface area contributed by atoms with Gasteiger partial charge in [0.1, 0.15) is 6.04 Å². The second kappa shape index (κ2) is 6.68. The number of carboxylic acid groups (broad SMARTS) is 1. The van der Waals surface area contributed by atoms with Crippen LogP contribution in [0.25, 0.3) is 0 Å². The summed E-state index contributed by atoms with van der Waals surface area (Å²) in [7, 11) is -3.61. The van der Waals surface area contributed by atoms with Crippen LogP contribution in [-0.4, -0.2) is 37.5 Å². The van der Waals surface area contributed by atoms with Gasteiger partial charge in [0.25, 0.3) is 5.91 Å². The van der Waals surface area contributed by atoms with Gasteiger partial charge in [-0.15, -0.1) is 0 Å². The third-order valence-electron chi connectivity index (χ3n) is 2.54. The third kappa shape index (κ3) is 4.83. The first-order chi connectivity index (χ1) is 9.63. The fourth-order valence-corrected chi connectivity index (χ4v) is 2.76. The Morgan fingerprint density at radius 3 is 2.05 bits per heavy atom. The molecule has 1 aromatic rings. The molecule has 21 heavy (non-hydrogen) atoms. The molecule has 0 heterocycles. The number of nitrogens with one attached hydrogen (secondary N) is 2. The summed E-state index contributed by atoms with van der Waals surface area (Å²) in [5.41, 5.74) is 0.187. The lowest BCUT2D eigenvalue weighted by molar-refractivity contribution is -0.138. The second-order valence-electron chi connectivity index (χ2n) is 4.83. The molecule has 0 aromatic heterocycles. The maximum Gasteiger partial charge on any atom is 0.325 e. The Labute approximate surface area is 123 Å². The van der Waals surface area contributed by atoms with Crippen molar-refractivity contribution < 1.29 is 23.1 Å². The summed E-state index contributed by atoms with van der Waals surface area (Å²) >= 11 is 0. The number of sulfonamides is 1. The maximum absolute atomic E-state index is 11.9. The Bertz CT molecular complexity index is 622. The van der Waals surface area contributed by atoms with Gasteiger partial charge in [-0.1, -0.05) is 0 Å². The zero-order chi connectivity index (χ0) is 16.2. The highest BCUT2D eigenvalue weighted by molar-refractivity contribution is 7.89. The molecule has 0 unspecified atom stereocenters. The van der Waals surface area contributed by atoms with Crippen molar-refractivity contribution in [3.8, 4) is 0 Å². The molecule has 0 saturated heterocycles. The van der Waals surface area contributed by atoms with Crippen molar-refractivity contribution in [2.75, 3.05) is 0 Å². The van der Waals surface area contributed by atoms with Crippen LogP contribution < -0.4 is 10.0 Å². The SMILES string of the molecule is CC(C)NS(=O)(=O)c1ccc(C(=O)N[C@H](C)C(=O)O)cc1. The lowest BCUT2D eigenvalue weighted by atomic mass is 10.2. The van der Waals surface area contributed by atoms with Crippen molar-refractivity contribution in [3.63, 3.8) is 0 Å². The normalized spacial score (nSPS) is 13.0. The molecule has 0 aliphatic heterocycles.